The zero-order valence-electron chi connectivity index (χ0n) is 35.6. The van der Waals surface area contributed by atoms with Crippen molar-refractivity contribution in [2.24, 2.45) is 11.8 Å². The molecule has 12 bridgehead atoms. The number of methoxy groups -OCH3 is 2. The van der Waals surface area contributed by atoms with E-state index in [0.717, 1.165) is 69.2 Å². The lowest BCUT2D eigenvalue weighted by molar-refractivity contribution is -0.292. The summed E-state index contributed by atoms with van der Waals surface area (Å²) in [7, 11) is 3.48. The van der Waals surface area contributed by atoms with Crippen LogP contribution in [0, 0.1) is 11.8 Å². The average molecular weight is 824 g/mol. The number of ketones is 1. The van der Waals surface area contributed by atoms with E-state index in [1.54, 1.807) is 14.2 Å². The van der Waals surface area contributed by atoms with Gasteiger partial charge in [0.2, 0.25) is 0 Å². The Labute approximate surface area is 351 Å². The largest absolute Gasteiger partial charge is 0.380 e. The fraction of sp³-hybridized carbons (Fsp3) is 0.809. The van der Waals surface area contributed by atoms with E-state index < -0.39 is 5.79 Å². The van der Waals surface area contributed by atoms with Crippen LogP contribution in [0.2, 0.25) is 0 Å². The van der Waals surface area contributed by atoms with Gasteiger partial charge in [0.25, 0.3) is 0 Å². The minimum atomic E-state index is -0.780. The summed E-state index contributed by atoms with van der Waals surface area (Å²) in [5.74, 6) is -0.530. The molecule has 12 nitrogen and oxygen atoms in total. The molecule has 10 rings (SSSR count). The Bertz CT molecular complexity index is 1560. The molecule has 328 valence electrons. The molecule has 10 fully saturated rings. The minimum absolute atomic E-state index is 0.0124. The van der Waals surface area contributed by atoms with E-state index in [9.17, 15) is 4.79 Å². The predicted octanol–water partition coefficient (Wildman–Crippen LogP) is 5.81. The maximum Gasteiger partial charge on any atom is 0.172 e. The van der Waals surface area contributed by atoms with Crippen LogP contribution in [0.1, 0.15) is 90.4 Å². The number of ether oxygens (including phenoxy) is 10. The summed E-state index contributed by atoms with van der Waals surface area (Å²) in [6, 6.07) is 0. The van der Waals surface area contributed by atoms with E-state index in [1.165, 1.54) is 0 Å². The average Bonchev–Trinajstić information content (AvgIpc) is 3.89. The van der Waals surface area contributed by atoms with Gasteiger partial charge in [0.15, 0.2) is 5.79 Å². The van der Waals surface area contributed by atoms with Gasteiger partial charge in [-0.3, -0.25) is 9.69 Å². The summed E-state index contributed by atoms with van der Waals surface area (Å²) in [5, 5.41) is 0. The van der Waals surface area contributed by atoms with E-state index in [-0.39, 0.29) is 115 Å². The van der Waals surface area contributed by atoms with Crippen LogP contribution in [-0.2, 0) is 52.2 Å². The van der Waals surface area contributed by atoms with Crippen molar-refractivity contribution in [3.8, 4) is 0 Å². The van der Waals surface area contributed by atoms with Gasteiger partial charge in [-0.2, -0.15) is 0 Å². The molecule has 1 spiro atoms. The number of carbonyl (C=O) groups excluding carboxylic acids is 1. The number of fused-ring (bicyclic) bond motifs is 6. The molecule has 10 saturated heterocycles. The maximum atomic E-state index is 14.4. The zero-order chi connectivity index (χ0) is 41.0. The van der Waals surface area contributed by atoms with E-state index in [1.807, 2.05) is 12.2 Å². The number of nitrogens with zero attached hydrogens (tertiary/aromatic N) is 1. The third-order valence-corrected chi connectivity index (χ3v) is 15.3. The van der Waals surface area contributed by atoms with Crippen molar-refractivity contribution in [2.75, 3.05) is 33.9 Å². The third kappa shape index (κ3) is 8.52. The van der Waals surface area contributed by atoms with Crippen molar-refractivity contribution < 1.29 is 52.2 Å². The van der Waals surface area contributed by atoms with Crippen molar-refractivity contribution in [3.63, 3.8) is 0 Å². The topological polar surface area (TPSA) is 113 Å². The summed E-state index contributed by atoms with van der Waals surface area (Å²) in [4.78, 5) is 16.6. The highest BCUT2D eigenvalue weighted by Crippen LogP contribution is 2.54. The number of rotatable bonds is 10. The van der Waals surface area contributed by atoms with Gasteiger partial charge in [-0.15, -0.1) is 13.2 Å². The molecule has 0 amide bonds. The molecule has 0 aromatic carbocycles. The number of hydrogen-bond acceptors (Lipinski definition) is 12. The molecular weight excluding hydrogens is 755 g/mol. The Morgan fingerprint density at radius 1 is 0.763 bits per heavy atom. The number of carbonyl (C=O) groups is 1. The van der Waals surface area contributed by atoms with Gasteiger partial charge in [-0.25, -0.2) is 0 Å². The van der Waals surface area contributed by atoms with E-state index in [4.69, 9.17) is 47.4 Å². The lowest BCUT2D eigenvalue weighted by atomic mass is 9.81. The Hall–Kier alpha value is -1.81. The lowest BCUT2D eigenvalue weighted by Crippen LogP contribution is -2.61. The summed E-state index contributed by atoms with van der Waals surface area (Å²) in [5.41, 5.74) is 2.24. The maximum absolute atomic E-state index is 14.4. The molecule has 0 aromatic heterocycles. The SMILES string of the molecule is C=CCN(CC=C)C[C@H](C[C@H]1O[C@H]2C[C@H]3O[C@@H](CC[C@@H]4O[C@@H](CC[C@@]56C[C@H]7O[C@H]8[C@@H](O5)[C@H]5O[C@H](CC[C@@H]5O[C@H]8[C@H]7O6)CC(=O)C[C@@H]2[C@H]1OC)CC4=C)C[C@@H](C)C3=C)OC. The van der Waals surface area contributed by atoms with Crippen LogP contribution in [0.15, 0.2) is 49.6 Å². The molecule has 12 heteroatoms. The van der Waals surface area contributed by atoms with Crippen LogP contribution < -0.4 is 0 Å². The molecular formula is C47H69NO11. The quantitative estimate of drug-likeness (QED) is 0.248. The fourth-order valence-corrected chi connectivity index (χ4v) is 12.3. The Morgan fingerprint density at radius 2 is 1.49 bits per heavy atom. The first-order chi connectivity index (χ1) is 28.6. The first kappa shape index (κ1) is 42.5. The highest BCUT2D eigenvalue weighted by molar-refractivity contribution is 5.79. The van der Waals surface area contributed by atoms with Gasteiger partial charge in [-0.1, -0.05) is 32.2 Å². The molecule has 0 unspecified atom stereocenters. The smallest absolute Gasteiger partial charge is 0.172 e. The van der Waals surface area contributed by atoms with Crippen molar-refractivity contribution in [1.29, 1.82) is 0 Å². The van der Waals surface area contributed by atoms with Crippen LogP contribution in [0.5, 0.6) is 0 Å². The fourth-order valence-electron chi connectivity index (χ4n) is 12.3. The van der Waals surface area contributed by atoms with Crippen LogP contribution in [0.3, 0.4) is 0 Å². The Kier molecular flexibility index (Phi) is 12.8. The van der Waals surface area contributed by atoms with Crippen molar-refractivity contribution in [3.05, 3.63) is 49.6 Å². The third-order valence-electron chi connectivity index (χ3n) is 15.3. The van der Waals surface area contributed by atoms with Gasteiger partial charge >= 0.3 is 0 Å². The second kappa shape index (κ2) is 17.8. The molecule has 0 aliphatic carbocycles. The standard InChI is InChI=1S/C47H69NO11/c1-8-16-48(17-9-2)25-33(50-6)22-39-41(51-7)34-21-29(49)20-31-11-13-36-42(54-31)46-45-44(56-36)43-40(57-45)24-47(58-43,59-46)15-14-32-19-27(4)35(52-32)12-10-30-18-26(3)28(5)37(53-30)23-38(34)55-39/h8-9,26,30-46H,1-2,4-5,10-25H2,3,6-7H3/t26-,30+,31-,32+,33+,34+,35+,36+,37-,38+,39-,40-,41-,42+,43+,44+,45-,46+,47+/m1/s1. The van der Waals surface area contributed by atoms with Gasteiger partial charge in [0, 0.05) is 78.3 Å². The monoisotopic (exact) mass is 823 g/mol. The first-order valence-electron chi connectivity index (χ1n) is 22.7. The molecule has 10 heterocycles. The van der Waals surface area contributed by atoms with Crippen molar-refractivity contribution >= 4 is 5.78 Å². The van der Waals surface area contributed by atoms with Gasteiger partial charge < -0.3 is 47.4 Å². The second-order valence-corrected chi connectivity index (χ2v) is 19.2. The van der Waals surface area contributed by atoms with Crippen LogP contribution in [0.25, 0.3) is 0 Å². The summed E-state index contributed by atoms with van der Waals surface area (Å²) in [6.07, 6.45) is 10.0. The van der Waals surface area contributed by atoms with Crippen LogP contribution >= 0.6 is 0 Å². The van der Waals surface area contributed by atoms with Gasteiger partial charge in [0.1, 0.15) is 36.3 Å². The molecule has 0 aromatic rings. The van der Waals surface area contributed by atoms with Crippen LogP contribution in [0.4, 0.5) is 0 Å². The Morgan fingerprint density at radius 3 is 2.27 bits per heavy atom. The van der Waals surface area contributed by atoms with Gasteiger partial charge in [0.05, 0.1) is 67.1 Å². The van der Waals surface area contributed by atoms with E-state index >= 15 is 0 Å². The highest BCUT2D eigenvalue weighted by Gasteiger charge is 2.68. The molecule has 10 aliphatic heterocycles. The lowest BCUT2D eigenvalue weighted by Gasteiger charge is -2.47. The van der Waals surface area contributed by atoms with E-state index in [2.05, 4.69) is 38.1 Å². The number of hydrogen-bond donors (Lipinski definition) is 0. The number of Topliss-reactive ketones (excluding diaryl/α,β-unsaturated/α-hetero) is 1. The normalized spacial score (nSPS) is 47.5. The summed E-state index contributed by atoms with van der Waals surface area (Å²) >= 11 is 0. The molecule has 19 atom stereocenters. The summed E-state index contributed by atoms with van der Waals surface area (Å²) < 4.78 is 67.1. The molecule has 0 saturated carbocycles. The van der Waals surface area contributed by atoms with E-state index in [0.29, 0.717) is 45.1 Å². The predicted molar refractivity (Wildman–Crippen MR) is 219 cm³/mol. The molecule has 0 N–H and O–H groups in total. The highest BCUT2D eigenvalue weighted by atomic mass is 16.8. The van der Waals surface area contributed by atoms with Crippen molar-refractivity contribution in [1.82, 2.24) is 4.90 Å². The first-order valence-corrected chi connectivity index (χ1v) is 22.7. The van der Waals surface area contributed by atoms with Crippen molar-refractivity contribution in [2.45, 2.75) is 194 Å². The van der Waals surface area contributed by atoms with Gasteiger partial charge in [-0.05, 0) is 62.0 Å². The minimum Gasteiger partial charge on any atom is -0.380 e. The zero-order valence-corrected chi connectivity index (χ0v) is 35.6. The second-order valence-electron chi connectivity index (χ2n) is 19.2. The molecule has 10 aliphatic rings. The Balaban J connectivity index is 0.977. The van der Waals surface area contributed by atoms with Crippen LogP contribution in [-0.4, -0.2) is 148 Å². The molecule has 59 heavy (non-hydrogen) atoms. The summed E-state index contributed by atoms with van der Waals surface area (Å²) in [6.45, 7) is 21.3. The molecule has 0 radical (unpaired) electrons.